The van der Waals surface area contributed by atoms with Crippen molar-refractivity contribution in [3.05, 3.63) is 0 Å². The summed E-state index contributed by atoms with van der Waals surface area (Å²) in [7, 11) is 1.46. The van der Waals surface area contributed by atoms with Crippen molar-refractivity contribution in [2.75, 3.05) is 46.7 Å². The molecule has 17 heavy (non-hydrogen) atoms. The number of carbonyl (C=O) groups excluding carboxylic acids is 2. The molecule has 0 heterocycles. The molecule has 0 bridgehead atoms. The van der Waals surface area contributed by atoms with Crippen LogP contribution in [-0.2, 0) is 23.8 Å². The van der Waals surface area contributed by atoms with Gasteiger partial charge in [-0.05, 0) is 0 Å². The molecule has 0 saturated carbocycles. The van der Waals surface area contributed by atoms with Crippen LogP contribution in [0.1, 0.15) is 13.3 Å². The van der Waals surface area contributed by atoms with E-state index in [0.29, 0.717) is 32.8 Å². The maximum atomic E-state index is 10.9. The first-order valence-corrected chi connectivity index (χ1v) is 5.63. The van der Waals surface area contributed by atoms with Crippen molar-refractivity contribution >= 4 is 11.7 Å². The van der Waals surface area contributed by atoms with E-state index in [9.17, 15) is 9.59 Å². The van der Waals surface area contributed by atoms with Crippen molar-refractivity contribution in [1.29, 1.82) is 0 Å². The van der Waals surface area contributed by atoms with E-state index in [1.54, 1.807) is 6.92 Å². The van der Waals surface area contributed by atoms with Crippen molar-refractivity contribution in [3.8, 4) is 0 Å². The number of ketones is 1. The van der Waals surface area contributed by atoms with Gasteiger partial charge in [-0.15, -0.1) is 0 Å². The Labute approximate surface area is 102 Å². The van der Waals surface area contributed by atoms with Crippen LogP contribution in [0.25, 0.3) is 0 Å². The van der Waals surface area contributed by atoms with Crippen molar-refractivity contribution < 1.29 is 23.8 Å². The number of hydrogen-bond acceptors (Lipinski definition) is 5. The molecule has 0 saturated heterocycles. The molecule has 0 radical (unpaired) electrons. The molecule has 0 aromatic carbocycles. The maximum absolute atomic E-state index is 10.9. The molecule has 0 aromatic rings. The predicted octanol–water partition coefficient (Wildman–Crippen LogP) is -0.239. The zero-order chi connectivity index (χ0) is 12.9. The summed E-state index contributed by atoms with van der Waals surface area (Å²) in [6.45, 7) is 3.66. The monoisotopic (exact) mass is 247 g/mol. The predicted molar refractivity (Wildman–Crippen MR) is 61.8 cm³/mol. The maximum Gasteiger partial charge on any atom is 0.246 e. The Morgan fingerprint density at radius 2 is 1.76 bits per heavy atom. The van der Waals surface area contributed by atoms with E-state index in [1.807, 2.05) is 0 Å². The molecule has 6 nitrogen and oxygen atoms in total. The zero-order valence-electron chi connectivity index (χ0n) is 10.5. The lowest BCUT2D eigenvalue weighted by atomic mass is 10.3. The fourth-order valence-corrected chi connectivity index (χ4v) is 0.953. The lowest BCUT2D eigenvalue weighted by Crippen LogP contribution is -2.30. The van der Waals surface area contributed by atoms with Gasteiger partial charge >= 0.3 is 0 Å². The van der Waals surface area contributed by atoms with Crippen LogP contribution in [0, 0.1) is 0 Å². The molecule has 6 heteroatoms. The minimum atomic E-state index is -0.166. The molecule has 0 aliphatic heterocycles. The van der Waals surface area contributed by atoms with Gasteiger partial charge in [0.05, 0.1) is 19.8 Å². The van der Waals surface area contributed by atoms with Gasteiger partial charge < -0.3 is 19.5 Å². The quantitative estimate of drug-likeness (QED) is 0.510. The second-order valence-corrected chi connectivity index (χ2v) is 3.34. The minimum absolute atomic E-state index is 0.0578. The number of rotatable bonds is 11. The number of ether oxygens (including phenoxy) is 3. The summed E-state index contributed by atoms with van der Waals surface area (Å²) in [4.78, 5) is 21.8. The van der Waals surface area contributed by atoms with Gasteiger partial charge in [0.15, 0.2) is 5.78 Å². The van der Waals surface area contributed by atoms with Crippen molar-refractivity contribution in [1.82, 2.24) is 5.32 Å². The van der Waals surface area contributed by atoms with E-state index >= 15 is 0 Å². The first-order valence-electron chi connectivity index (χ1n) is 5.63. The van der Waals surface area contributed by atoms with Gasteiger partial charge in [0.1, 0.15) is 13.2 Å². The normalized spacial score (nSPS) is 10.2. The number of Topliss-reactive ketones (excluding diaryl/α,β-unsaturated/α-hetero) is 1. The topological polar surface area (TPSA) is 73.9 Å². The lowest BCUT2D eigenvalue weighted by Gasteiger charge is -2.06. The molecule has 0 spiro atoms. The summed E-state index contributed by atoms with van der Waals surface area (Å²) in [6.07, 6.45) is 0.492. The van der Waals surface area contributed by atoms with Gasteiger partial charge in [-0.1, -0.05) is 6.92 Å². The van der Waals surface area contributed by atoms with Crippen LogP contribution in [-0.4, -0.2) is 58.4 Å². The van der Waals surface area contributed by atoms with Gasteiger partial charge in [-0.3, -0.25) is 9.59 Å². The third-order valence-electron chi connectivity index (χ3n) is 1.87. The third kappa shape index (κ3) is 11.3. The molecular weight excluding hydrogens is 226 g/mol. The highest BCUT2D eigenvalue weighted by Gasteiger charge is 1.99. The molecule has 0 aliphatic rings. The Balaban J connectivity index is 3.13. The Kier molecular flexibility index (Phi) is 10.8. The summed E-state index contributed by atoms with van der Waals surface area (Å²) in [6, 6.07) is 0. The highest BCUT2D eigenvalue weighted by Crippen LogP contribution is 1.84. The number of amides is 1. The molecule has 0 atom stereocenters. The van der Waals surface area contributed by atoms with Gasteiger partial charge in [-0.2, -0.15) is 0 Å². The van der Waals surface area contributed by atoms with E-state index in [2.05, 4.69) is 10.1 Å². The van der Waals surface area contributed by atoms with E-state index in [0.717, 1.165) is 0 Å². The van der Waals surface area contributed by atoms with Crippen LogP contribution in [0.3, 0.4) is 0 Å². The van der Waals surface area contributed by atoms with E-state index in [-0.39, 0.29) is 24.9 Å². The van der Waals surface area contributed by atoms with Gasteiger partial charge in [-0.25, -0.2) is 0 Å². The van der Waals surface area contributed by atoms with Crippen LogP contribution in [0.2, 0.25) is 0 Å². The molecule has 100 valence electrons. The van der Waals surface area contributed by atoms with E-state index < -0.39 is 0 Å². The highest BCUT2D eigenvalue weighted by molar-refractivity contribution is 5.79. The molecule has 0 rings (SSSR count). The highest BCUT2D eigenvalue weighted by atomic mass is 16.5. The van der Waals surface area contributed by atoms with Gasteiger partial charge in [0.2, 0.25) is 5.91 Å². The second kappa shape index (κ2) is 11.5. The Morgan fingerprint density at radius 1 is 1.06 bits per heavy atom. The minimum Gasteiger partial charge on any atom is -0.377 e. The van der Waals surface area contributed by atoms with Crippen molar-refractivity contribution in [3.63, 3.8) is 0 Å². The average Bonchev–Trinajstić information content (AvgIpc) is 2.32. The first-order chi connectivity index (χ1) is 8.20. The summed E-state index contributed by atoms with van der Waals surface area (Å²) >= 11 is 0. The summed E-state index contributed by atoms with van der Waals surface area (Å²) in [5, 5.41) is 2.62. The van der Waals surface area contributed by atoms with Gasteiger partial charge in [0, 0.05) is 20.1 Å². The largest absolute Gasteiger partial charge is 0.377 e. The van der Waals surface area contributed by atoms with E-state index in [1.165, 1.54) is 7.11 Å². The van der Waals surface area contributed by atoms with Crippen LogP contribution in [0.5, 0.6) is 0 Å². The van der Waals surface area contributed by atoms with Crippen molar-refractivity contribution in [2.24, 2.45) is 0 Å². The second-order valence-electron chi connectivity index (χ2n) is 3.34. The smallest absolute Gasteiger partial charge is 0.246 e. The molecule has 1 amide bonds. The standard InChI is InChI=1S/C11H21NO5/c1-3-10(13)8-17-7-6-16-5-4-12-11(14)9-15-2/h3-9H2,1-2H3,(H,12,14). The number of nitrogens with one attached hydrogen (secondary N) is 1. The van der Waals surface area contributed by atoms with Gasteiger partial charge in [0.25, 0.3) is 0 Å². The van der Waals surface area contributed by atoms with Crippen molar-refractivity contribution in [2.45, 2.75) is 13.3 Å². The summed E-state index contributed by atoms with van der Waals surface area (Å²) < 4.78 is 14.9. The van der Waals surface area contributed by atoms with Crippen LogP contribution >= 0.6 is 0 Å². The molecule has 0 aromatic heterocycles. The van der Waals surface area contributed by atoms with E-state index in [4.69, 9.17) is 9.47 Å². The summed E-state index contributed by atoms with van der Waals surface area (Å²) in [5.74, 6) is -0.0854. The molecule has 0 fully saturated rings. The average molecular weight is 247 g/mol. The third-order valence-corrected chi connectivity index (χ3v) is 1.87. The Hall–Kier alpha value is -0.980. The molecule has 1 N–H and O–H groups in total. The number of carbonyl (C=O) groups is 2. The first kappa shape index (κ1) is 16.0. The fourth-order valence-electron chi connectivity index (χ4n) is 0.953. The Morgan fingerprint density at radius 3 is 2.41 bits per heavy atom. The number of hydrogen-bond donors (Lipinski definition) is 1. The zero-order valence-corrected chi connectivity index (χ0v) is 10.5. The number of methoxy groups -OCH3 is 1. The SMILES string of the molecule is CCC(=O)COCCOCCNC(=O)COC. The Bertz CT molecular complexity index is 220. The molecule has 0 aliphatic carbocycles. The molecule has 0 unspecified atom stereocenters. The summed E-state index contributed by atoms with van der Waals surface area (Å²) in [5.41, 5.74) is 0. The molecular formula is C11H21NO5. The van der Waals surface area contributed by atoms with Crippen LogP contribution in [0.15, 0.2) is 0 Å². The van der Waals surface area contributed by atoms with Crippen LogP contribution in [0.4, 0.5) is 0 Å². The van der Waals surface area contributed by atoms with Crippen LogP contribution < -0.4 is 5.32 Å². The lowest BCUT2D eigenvalue weighted by molar-refractivity contribution is -0.125. The fraction of sp³-hybridized carbons (Fsp3) is 0.818.